The van der Waals surface area contributed by atoms with E-state index in [-0.39, 0.29) is 45.0 Å². The molecule has 4 amide bonds. The number of hydrogen-bond donors (Lipinski definition) is 5. The van der Waals surface area contributed by atoms with Gasteiger partial charge in [-0.2, -0.15) is 0 Å². The van der Waals surface area contributed by atoms with Crippen LogP contribution in [0.4, 0.5) is 9.59 Å². The van der Waals surface area contributed by atoms with Gasteiger partial charge < -0.3 is 35.1 Å². The molecule has 64 heavy (non-hydrogen) atoms. The van der Waals surface area contributed by atoms with Crippen LogP contribution in [0.1, 0.15) is 68.7 Å². The number of carbonyl (C=O) groups is 5. The Morgan fingerprint density at radius 3 is 2.06 bits per heavy atom. The van der Waals surface area contributed by atoms with E-state index in [2.05, 4.69) is 26.4 Å². The van der Waals surface area contributed by atoms with E-state index in [0.29, 0.717) is 25.7 Å². The molecule has 1 aromatic heterocycles. The third-order valence-electron chi connectivity index (χ3n) is 10.3. The van der Waals surface area contributed by atoms with Gasteiger partial charge in [-0.15, -0.1) is 0 Å². The third kappa shape index (κ3) is 14.5. The Balaban J connectivity index is 1.23. The molecule has 3 unspecified atom stereocenters. The number of carbonyl (C=O) groups excluding carboxylic acids is 5. The molecule has 5 N–H and O–H groups in total. The smallest absolute Gasteiger partial charge is 0.408 e. The average Bonchev–Trinajstić information content (AvgIpc) is 3.70. The van der Waals surface area contributed by atoms with E-state index in [0.717, 1.165) is 33.2 Å². The first kappa shape index (κ1) is 46.3. The molecule has 0 radical (unpaired) electrons. The number of esters is 1. The Morgan fingerprint density at radius 2 is 1.39 bits per heavy atom. The predicted octanol–water partition coefficient (Wildman–Crippen LogP) is 6.68. The molecule has 3 atom stereocenters. The molecule has 4 aromatic carbocycles. The van der Waals surface area contributed by atoms with Crippen LogP contribution in [0.15, 0.2) is 126 Å². The van der Waals surface area contributed by atoms with Gasteiger partial charge in [0.25, 0.3) is 5.91 Å². The zero-order valence-electron chi connectivity index (χ0n) is 36.5. The molecular weight excluding hydrogens is 815 g/mol. The van der Waals surface area contributed by atoms with Gasteiger partial charge in [-0.3, -0.25) is 29.8 Å². The normalized spacial score (nSPS) is 14.7. The van der Waals surface area contributed by atoms with Crippen LogP contribution in [0.5, 0.6) is 0 Å². The lowest BCUT2D eigenvalue weighted by Crippen LogP contribution is -2.62. The molecule has 0 spiro atoms. The van der Waals surface area contributed by atoms with Crippen molar-refractivity contribution in [1.82, 2.24) is 31.4 Å². The number of para-hydroxylation sites is 1. The Kier molecular flexibility index (Phi) is 16.5. The van der Waals surface area contributed by atoms with Crippen LogP contribution < -0.4 is 21.4 Å². The fraction of sp³-hybridized carbons (Fsp3) is 0.347. The number of alkyl carbamates (subject to hydrolysis) is 2. The van der Waals surface area contributed by atoms with Crippen molar-refractivity contribution in [3.05, 3.63) is 144 Å². The van der Waals surface area contributed by atoms with Crippen molar-refractivity contribution in [2.45, 2.75) is 96.2 Å². The second-order valence-corrected chi connectivity index (χ2v) is 16.5. The number of H-pyrrole nitrogens is 1. The number of amidine groups is 1. The summed E-state index contributed by atoms with van der Waals surface area (Å²) in [6.45, 7) is 5.89. The second-order valence-electron chi connectivity index (χ2n) is 16.5. The molecule has 0 aliphatic carbocycles. The zero-order chi connectivity index (χ0) is 45.3. The maximum atomic E-state index is 14.6. The molecule has 15 heteroatoms. The predicted molar refractivity (Wildman–Crippen MR) is 243 cm³/mol. The molecule has 0 saturated carbocycles. The van der Waals surface area contributed by atoms with Crippen molar-refractivity contribution < 1.29 is 38.2 Å². The van der Waals surface area contributed by atoms with Gasteiger partial charge in [-0.05, 0) is 74.8 Å². The van der Waals surface area contributed by atoms with E-state index in [1.165, 1.54) is 5.01 Å². The number of nitrogens with one attached hydrogen (secondary N) is 5. The third-order valence-corrected chi connectivity index (χ3v) is 10.3. The molecule has 0 saturated heterocycles. The van der Waals surface area contributed by atoms with Gasteiger partial charge in [-0.1, -0.05) is 109 Å². The van der Waals surface area contributed by atoms with Crippen LogP contribution in [0.3, 0.4) is 0 Å². The average molecular weight is 872 g/mol. The molecule has 5 aromatic rings. The maximum Gasteiger partial charge on any atom is 0.408 e. The highest BCUT2D eigenvalue weighted by Crippen LogP contribution is 2.21. The Labute approximate surface area is 373 Å². The molecule has 0 fully saturated rings. The van der Waals surface area contributed by atoms with Gasteiger partial charge in [0.1, 0.15) is 36.7 Å². The molecular formula is C49H57N7O8. The van der Waals surface area contributed by atoms with Gasteiger partial charge >= 0.3 is 18.2 Å². The fourth-order valence-corrected chi connectivity index (χ4v) is 7.10. The minimum absolute atomic E-state index is 0.0299. The summed E-state index contributed by atoms with van der Waals surface area (Å²) in [5.41, 5.74) is 6.67. The van der Waals surface area contributed by atoms with Crippen molar-refractivity contribution in [3.8, 4) is 0 Å². The van der Waals surface area contributed by atoms with Crippen molar-refractivity contribution in [2.24, 2.45) is 4.99 Å². The van der Waals surface area contributed by atoms with E-state index in [1.54, 1.807) is 20.8 Å². The summed E-state index contributed by atoms with van der Waals surface area (Å²) in [5.74, 6) is -1.31. The van der Waals surface area contributed by atoms with Gasteiger partial charge in [0.05, 0.1) is 12.5 Å². The fourth-order valence-electron chi connectivity index (χ4n) is 7.10. The molecule has 6 rings (SSSR count). The minimum atomic E-state index is -1.15. The molecule has 336 valence electrons. The second kappa shape index (κ2) is 22.8. The SMILES string of the molecule is CC(C)(C)OC(=O)NC(Cc1c[nH]c2ccccc12)C(=O)NC(CCCCNC(=O)OCc1ccccc1)C1=NC(CC(=O)OCc2ccccc2)C(=O)N(CCc2ccccc2)N1. The van der Waals surface area contributed by atoms with E-state index < -0.39 is 53.7 Å². The summed E-state index contributed by atoms with van der Waals surface area (Å²) < 4.78 is 16.5. The first-order valence-electron chi connectivity index (χ1n) is 21.6. The van der Waals surface area contributed by atoms with Gasteiger partial charge in [0.2, 0.25) is 5.91 Å². The van der Waals surface area contributed by atoms with E-state index in [1.807, 2.05) is 121 Å². The zero-order valence-corrected chi connectivity index (χ0v) is 36.5. The summed E-state index contributed by atoms with van der Waals surface area (Å²) in [4.78, 5) is 75.6. The van der Waals surface area contributed by atoms with Crippen LogP contribution in [-0.4, -0.2) is 82.6 Å². The van der Waals surface area contributed by atoms with Crippen LogP contribution in [0.25, 0.3) is 10.9 Å². The van der Waals surface area contributed by atoms with Crippen molar-refractivity contribution in [3.63, 3.8) is 0 Å². The van der Waals surface area contributed by atoms with Crippen LogP contribution in [0, 0.1) is 0 Å². The summed E-state index contributed by atoms with van der Waals surface area (Å²) in [7, 11) is 0. The Bertz CT molecular complexity index is 2350. The standard InChI is InChI=1S/C49H57N7O8/c1-49(2,3)64-48(61)54-41(29-37-31-51-39-24-14-13-23-38(37)39)45(58)53-40(25-15-16-27-50-47(60)63-33-36-21-11-6-12-22-36)44-52-42(30-43(57)62-32-35-19-9-5-10-20-35)46(59)56(55-44)28-26-34-17-7-4-8-18-34/h4-14,17-24,31,40-42,51H,15-16,25-30,32-33H2,1-3H3,(H,50,60)(H,52,55)(H,53,58)(H,54,61). The van der Waals surface area contributed by atoms with Gasteiger partial charge in [-0.25, -0.2) is 9.59 Å². The highest BCUT2D eigenvalue weighted by Gasteiger charge is 2.36. The molecule has 1 aliphatic rings. The van der Waals surface area contributed by atoms with Crippen molar-refractivity contribution >= 4 is 46.7 Å². The number of rotatable bonds is 20. The van der Waals surface area contributed by atoms with Crippen LogP contribution in [-0.2, 0) is 54.6 Å². The van der Waals surface area contributed by atoms with Gasteiger partial charge in [0, 0.05) is 36.6 Å². The summed E-state index contributed by atoms with van der Waals surface area (Å²) in [5, 5.41) is 11.0. The van der Waals surface area contributed by atoms with Gasteiger partial charge in [0.15, 0.2) is 0 Å². The number of aromatic amines is 1. The first-order chi connectivity index (χ1) is 30.9. The lowest BCUT2D eigenvalue weighted by Gasteiger charge is -2.35. The van der Waals surface area contributed by atoms with Crippen molar-refractivity contribution in [2.75, 3.05) is 13.1 Å². The molecule has 15 nitrogen and oxygen atoms in total. The number of fused-ring (bicyclic) bond motifs is 1. The molecule has 2 heterocycles. The highest BCUT2D eigenvalue weighted by atomic mass is 16.6. The largest absolute Gasteiger partial charge is 0.461 e. The number of aliphatic imine (C=N–C) groups is 1. The highest BCUT2D eigenvalue weighted by molar-refractivity contribution is 6.00. The lowest BCUT2D eigenvalue weighted by molar-refractivity contribution is -0.148. The lowest BCUT2D eigenvalue weighted by atomic mass is 10.0. The minimum Gasteiger partial charge on any atom is -0.461 e. The number of unbranched alkanes of at least 4 members (excludes halogenated alkanes) is 1. The maximum absolute atomic E-state index is 14.6. The van der Waals surface area contributed by atoms with E-state index in [9.17, 15) is 24.0 Å². The van der Waals surface area contributed by atoms with Crippen LogP contribution >= 0.6 is 0 Å². The topological polar surface area (TPSA) is 193 Å². The molecule has 0 bridgehead atoms. The number of benzene rings is 4. The first-order valence-corrected chi connectivity index (χ1v) is 21.6. The van der Waals surface area contributed by atoms with E-state index >= 15 is 0 Å². The number of nitrogens with zero attached hydrogens (tertiary/aromatic N) is 2. The number of amides is 4. The Hall–Kier alpha value is -7.16. The summed E-state index contributed by atoms with van der Waals surface area (Å²) in [6.07, 6.45) is 2.04. The monoisotopic (exact) mass is 871 g/mol. The summed E-state index contributed by atoms with van der Waals surface area (Å²) in [6, 6.07) is 32.8. The van der Waals surface area contributed by atoms with Crippen LogP contribution in [0.2, 0.25) is 0 Å². The number of ether oxygens (including phenoxy) is 3. The quantitative estimate of drug-likeness (QED) is 0.0323. The molecule has 1 aliphatic heterocycles. The Morgan fingerprint density at radius 1 is 0.766 bits per heavy atom. The van der Waals surface area contributed by atoms with E-state index in [4.69, 9.17) is 19.2 Å². The summed E-state index contributed by atoms with van der Waals surface area (Å²) >= 11 is 0. The number of aromatic nitrogens is 1. The van der Waals surface area contributed by atoms with Crippen molar-refractivity contribution in [1.29, 1.82) is 0 Å². The number of hydrazine groups is 1. The number of hydrogen-bond acceptors (Lipinski definition) is 10.